The molecular weight excluding hydrogens is 462 g/mol. The van der Waals surface area contributed by atoms with Gasteiger partial charge in [0.2, 0.25) is 5.91 Å². The Morgan fingerprint density at radius 2 is 1.86 bits per heavy atom. The number of carbonyl (C=O) groups excluding carboxylic acids is 2. The summed E-state index contributed by atoms with van der Waals surface area (Å²) in [5, 5.41) is 0. The van der Waals surface area contributed by atoms with E-state index in [1.807, 2.05) is 60.6 Å². The summed E-state index contributed by atoms with van der Waals surface area (Å²) in [6.45, 7) is 1.90. The molecule has 1 aliphatic heterocycles. The van der Waals surface area contributed by atoms with Crippen LogP contribution in [-0.2, 0) is 11.2 Å². The molecule has 2 aromatic carbocycles. The van der Waals surface area contributed by atoms with E-state index in [2.05, 4.69) is 17.1 Å². The van der Waals surface area contributed by atoms with Crippen molar-refractivity contribution >= 4 is 11.8 Å². The average Bonchev–Trinajstić information content (AvgIpc) is 2.90. The van der Waals surface area contributed by atoms with Crippen LogP contribution in [0.25, 0.3) is 11.1 Å². The Labute approximate surface area is 219 Å². The minimum absolute atomic E-state index is 0.0265. The van der Waals surface area contributed by atoms with Crippen molar-refractivity contribution in [2.75, 3.05) is 33.3 Å². The van der Waals surface area contributed by atoms with Gasteiger partial charge in [0, 0.05) is 56.5 Å². The zero-order valence-corrected chi connectivity index (χ0v) is 21.6. The Hall–Kier alpha value is -3.67. The summed E-state index contributed by atoms with van der Waals surface area (Å²) in [5.41, 5.74) is 4.86. The summed E-state index contributed by atoms with van der Waals surface area (Å²) in [6.07, 6.45) is 9.55. The number of hydrogen-bond acceptors (Lipinski definition) is 4. The molecule has 1 fully saturated rings. The lowest BCUT2D eigenvalue weighted by molar-refractivity contribution is -0.132. The van der Waals surface area contributed by atoms with Crippen LogP contribution >= 0.6 is 0 Å². The minimum atomic E-state index is -0.0265. The topological polar surface area (TPSA) is 62.7 Å². The van der Waals surface area contributed by atoms with Crippen LogP contribution in [-0.4, -0.2) is 59.9 Å². The van der Waals surface area contributed by atoms with Crippen LogP contribution in [0.1, 0.15) is 53.6 Å². The molecule has 2 heterocycles. The third-order valence-corrected chi connectivity index (χ3v) is 7.64. The third-order valence-electron chi connectivity index (χ3n) is 7.64. The standard InChI is InChI=1S/C31H35N3O3/c1-33-15-16-34(30(35)13-10-23-5-2-6-23)17-18-37-29-12-11-25(27-9-4-14-32-22-27)21-28(29)20-24-7-3-8-26(19-24)31(33)36/h3-4,7-9,11-12,14,19,21-23H,2,5-6,10,13,15-18,20H2,1H3. The van der Waals surface area contributed by atoms with Gasteiger partial charge in [0.25, 0.3) is 5.91 Å². The number of amides is 2. The first-order valence-electron chi connectivity index (χ1n) is 13.3. The van der Waals surface area contributed by atoms with Crippen molar-refractivity contribution in [2.45, 2.75) is 38.5 Å². The second kappa shape index (κ2) is 11.6. The quantitative estimate of drug-likeness (QED) is 0.496. The average molecular weight is 498 g/mol. The number of carbonyl (C=O) groups is 2. The summed E-state index contributed by atoms with van der Waals surface area (Å²) in [5.74, 6) is 1.62. The maximum atomic E-state index is 13.2. The van der Waals surface area contributed by atoms with E-state index in [-0.39, 0.29) is 11.8 Å². The molecule has 2 aliphatic rings. The molecule has 5 rings (SSSR count). The van der Waals surface area contributed by atoms with Gasteiger partial charge in [-0.3, -0.25) is 14.6 Å². The van der Waals surface area contributed by atoms with E-state index in [1.54, 1.807) is 11.1 Å². The van der Waals surface area contributed by atoms with Gasteiger partial charge in [-0.05, 0) is 59.4 Å². The normalized spacial score (nSPS) is 16.8. The first-order valence-corrected chi connectivity index (χ1v) is 13.3. The number of pyridine rings is 1. The van der Waals surface area contributed by atoms with Gasteiger partial charge in [-0.2, -0.15) is 0 Å². The van der Waals surface area contributed by atoms with E-state index in [0.717, 1.165) is 34.4 Å². The zero-order valence-electron chi connectivity index (χ0n) is 21.6. The van der Waals surface area contributed by atoms with Gasteiger partial charge in [-0.25, -0.2) is 0 Å². The molecule has 0 unspecified atom stereocenters. The lowest BCUT2D eigenvalue weighted by Gasteiger charge is -2.29. The maximum absolute atomic E-state index is 13.2. The monoisotopic (exact) mass is 497 g/mol. The number of benzene rings is 2. The molecule has 0 N–H and O–H groups in total. The van der Waals surface area contributed by atoms with E-state index < -0.39 is 0 Å². The van der Waals surface area contributed by atoms with Gasteiger partial charge in [-0.1, -0.05) is 43.5 Å². The predicted molar refractivity (Wildman–Crippen MR) is 145 cm³/mol. The zero-order chi connectivity index (χ0) is 25.6. The number of likely N-dealkylation sites (N-methyl/N-ethyl adjacent to an activating group) is 1. The number of hydrogen-bond donors (Lipinski definition) is 0. The smallest absolute Gasteiger partial charge is 0.253 e. The molecular formula is C31H35N3O3. The highest BCUT2D eigenvalue weighted by molar-refractivity contribution is 5.94. The van der Waals surface area contributed by atoms with E-state index in [4.69, 9.17) is 4.74 Å². The van der Waals surface area contributed by atoms with E-state index in [0.29, 0.717) is 50.6 Å². The largest absolute Gasteiger partial charge is 0.491 e. The van der Waals surface area contributed by atoms with Crippen molar-refractivity contribution < 1.29 is 14.3 Å². The second-order valence-corrected chi connectivity index (χ2v) is 10.2. The van der Waals surface area contributed by atoms with Crippen molar-refractivity contribution in [3.05, 3.63) is 83.7 Å². The summed E-state index contributed by atoms with van der Waals surface area (Å²) >= 11 is 0. The molecule has 3 aromatic rings. The van der Waals surface area contributed by atoms with Crippen LogP contribution in [0.2, 0.25) is 0 Å². The lowest BCUT2D eigenvalue weighted by atomic mass is 9.82. The fourth-order valence-corrected chi connectivity index (χ4v) is 5.09. The van der Waals surface area contributed by atoms with Gasteiger partial charge in [0.05, 0.1) is 6.54 Å². The predicted octanol–water partition coefficient (Wildman–Crippen LogP) is 5.21. The van der Waals surface area contributed by atoms with Crippen LogP contribution in [0.3, 0.4) is 0 Å². The SMILES string of the molecule is CN1CCN(C(=O)CCC2CCC2)CCOc2ccc(-c3cccnc3)cc2Cc2cccc(c2)C1=O. The molecule has 2 amide bonds. The first-order chi connectivity index (χ1) is 18.1. The lowest BCUT2D eigenvalue weighted by Crippen LogP contribution is -2.41. The molecule has 1 saturated carbocycles. The Morgan fingerprint density at radius 1 is 1.00 bits per heavy atom. The summed E-state index contributed by atoms with van der Waals surface area (Å²) in [6, 6.07) is 18.0. The summed E-state index contributed by atoms with van der Waals surface area (Å²) in [4.78, 5) is 34.2. The van der Waals surface area contributed by atoms with Gasteiger partial charge in [-0.15, -0.1) is 0 Å². The minimum Gasteiger partial charge on any atom is -0.491 e. The van der Waals surface area contributed by atoms with Crippen LogP contribution < -0.4 is 4.74 Å². The van der Waals surface area contributed by atoms with Gasteiger partial charge < -0.3 is 14.5 Å². The Kier molecular flexibility index (Phi) is 7.83. The molecule has 0 radical (unpaired) electrons. The van der Waals surface area contributed by atoms with Crippen LogP contribution in [0.15, 0.2) is 67.0 Å². The molecule has 0 atom stereocenters. The van der Waals surface area contributed by atoms with Crippen LogP contribution in [0.4, 0.5) is 0 Å². The van der Waals surface area contributed by atoms with Gasteiger partial charge in [0.15, 0.2) is 0 Å². The van der Waals surface area contributed by atoms with Gasteiger partial charge in [0.1, 0.15) is 12.4 Å². The molecule has 6 nitrogen and oxygen atoms in total. The molecule has 1 aromatic heterocycles. The summed E-state index contributed by atoms with van der Waals surface area (Å²) < 4.78 is 6.29. The van der Waals surface area contributed by atoms with Crippen molar-refractivity contribution in [3.63, 3.8) is 0 Å². The Bertz CT molecular complexity index is 1240. The number of fused-ring (bicyclic) bond motifs is 3. The highest BCUT2D eigenvalue weighted by Gasteiger charge is 2.22. The maximum Gasteiger partial charge on any atom is 0.253 e. The summed E-state index contributed by atoms with van der Waals surface area (Å²) in [7, 11) is 1.81. The van der Waals surface area contributed by atoms with Crippen LogP contribution in [0.5, 0.6) is 5.75 Å². The van der Waals surface area contributed by atoms with Crippen molar-refractivity contribution in [2.24, 2.45) is 5.92 Å². The van der Waals surface area contributed by atoms with E-state index in [1.165, 1.54) is 19.3 Å². The number of aromatic nitrogens is 1. The fraction of sp³-hybridized carbons (Fsp3) is 0.387. The second-order valence-electron chi connectivity index (χ2n) is 10.2. The molecule has 0 saturated heterocycles. The van der Waals surface area contributed by atoms with Crippen LogP contribution in [0, 0.1) is 5.92 Å². The van der Waals surface area contributed by atoms with Gasteiger partial charge >= 0.3 is 0 Å². The Balaban J connectivity index is 1.42. The number of nitrogens with zero attached hydrogens (tertiary/aromatic N) is 3. The van der Waals surface area contributed by atoms with E-state index in [9.17, 15) is 9.59 Å². The molecule has 0 spiro atoms. The number of ether oxygens (including phenoxy) is 1. The van der Waals surface area contributed by atoms with Crippen molar-refractivity contribution in [1.82, 2.24) is 14.8 Å². The van der Waals surface area contributed by atoms with E-state index >= 15 is 0 Å². The molecule has 6 heteroatoms. The third kappa shape index (κ3) is 6.19. The number of rotatable bonds is 4. The van der Waals surface area contributed by atoms with Crippen molar-refractivity contribution in [1.29, 1.82) is 0 Å². The highest BCUT2D eigenvalue weighted by Crippen LogP contribution is 2.31. The Morgan fingerprint density at radius 3 is 2.65 bits per heavy atom. The first kappa shape index (κ1) is 25.0. The van der Waals surface area contributed by atoms with Crippen molar-refractivity contribution in [3.8, 4) is 16.9 Å². The molecule has 192 valence electrons. The highest BCUT2D eigenvalue weighted by atomic mass is 16.5. The molecule has 1 aliphatic carbocycles. The molecule has 2 bridgehead atoms. The fourth-order valence-electron chi connectivity index (χ4n) is 5.09. The molecule has 37 heavy (non-hydrogen) atoms.